The number of carbonyl (C=O) groups excluding carboxylic acids is 1. The van der Waals surface area contributed by atoms with E-state index in [1.165, 1.54) is 30.9 Å². The minimum absolute atomic E-state index is 0.0000450. The zero-order valence-electron chi connectivity index (χ0n) is 17.9. The van der Waals surface area contributed by atoms with Crippen molar-refractivity contribution < 1.29 is 9.72 Å². The molecule has 0 spiro atoms. The second-order valence-electron chi connectivity index (χ2n) is 8.44. The average Bonchev–Trinajstić information content (AvgIpc) is 3.33. The lowest BCUT2D eigenvalue weighted by Gasteiger charge is -2.27. The number of rotatable bonds is 7. The number of nitrogens with one attached hydrogen (secondary N) is 1. The van der Waals surface area contributed by atoms with Crippen molar-refractivity contribution >= 4 is 17.3 Å². The summed E-state index contributed by atoms with van der Waals surface area (Å²) in [6.45, 7) is 5.17. The van der Waals surface area contributed by atoms with E-state index >= 15 is 0 Å². The molecule has 1 amide bonds. The molecule has 0 atom stereocenters. The zero-order chi connectivity index (χ0) is 21.6. The van der Waals surface area contributed by atoms with Crippen LogP contribution in [0.1, 0.15) is 53.6 Å². The Morgan fingerprint density at radius 2 is 1.61 bits per heavy atom. The van der Waals surface area contributed by atoms with E-state index in [4.69, 9.17) is 0 Å². The zero-order valence-corrected chi connectivity index (χ0v) is 17.9. The van der Waals surface area contributed by atoms with Crippen molar-refractivity contribution in [2.75, 3.05) is 31.1 Å². The van der Waals surface area contributed by atoms with E-state index in [1.54, 1.807) is 12.1 Å². The van der Waals surface area contributed by atoms with Gasteiger partial charge in [-0.3, -0.25) is 19.8 Å². The maximum atomic E-state index is 12.8. The molecule has 2 aromatic carbocycles. The third kappa shape index (κ3) is 5.22. The van der Waals surface area contributed by atoms with Crippen LogP contribution in [0.25, 0.3) is 0 Å². The largest absolute Gasteiger partial charge is 0.366 e. The number of anilines is 1. The number of amides is 1. The van der Waals surface area contributed by atoms with Crippen molar-refractivity contribution in [1.82, 2.24) is 10.2 Å². The maximum Gasteiger partial charge on any atom is 0.293 e. The number of nitro groups is 1. The lowest BCUT2D eigenvalue weighted by atomic mass is 10.0. The topological polar surface area (TPSA) is 78.7 Å². The van der Waals surface area contributed by atoms with E-state index in [9.17, 15) is 14.9 Å². The predicted octanol–water partition coefficient (Wildman–Crippen LogP) is 4.11. The fraction of sp³-hybridized carbons (Fsp3) is 0.458. The molecule has 0 bridgehead atoms. The molecule has 7 heteroatoms. The van der Waals surface area contributed by atoms with Gasteiger partial charge in [-0.05, 0) is 62.0 Å². The van der Waals surface area contributed by atoms with Crippen molar-refractivity contribution in [3.63, 3.8) is 0 Å². The van der Waals surface area contributed by atoms with E-state index in [0.29, 0.717) is 17.8 Å². The first kappa shape index (κ1) is 21.3. The van der Waals surface area contributed by atoms with Crippen molar-refractivity contribution in [3.05, 3.63) is 69.3 Å². The van der Waals surface area contributed by atoms with Crippen molar-refractivity contribution in [1.29, 1.82) is 0 Å². The highest BCUT2D eigenvalue weighted by Crippen LogP contribution is 2.31. The summed E-state index contributed by atoms with van der Waals surface area (Å²) in [5.41, 5.74) is 3.24. The van der Waals surface area contributed by atoms with Gasteiger partial charge in [0.05, 0.1) is 4.92 Å². The number of likely N-dealkylation sites (tertiary alicyclic amines) is 1. The summed E-state index contributed by atoms with van der Waals surface area (Å²) in [7, 11) is 0. The van der Waals surface area contributed by atoms with Crippen LogP contribution in [0.2, 0.25) is 0 Å². The van der Waals surface area contributed by atoms with Gasteiger partial charge in [-0.2, -0.15) is 0 Å². The van der Waals surface area contributed by atoms with E-state index in [2.05, 4.69) is 16.3 Å². The highest BCUT2D eigenvalue weighted by atomic mass is 16.6. The smallest absolute Gasteiger partial charge is 0.293 e. The Labute approximate surface area is 183 Å². The Balaban J connectivity index is 1.44. The van der Waals surface area contributed by atoms with Crippen LogP contribution in [0, 0.1) is 10.1 Å². The Hall–Kier alpha value is -2.93. The summed E-state index contributed by atoms with van der Waals surface area (Å²) in [5, 5.41) is 14.6. The molecule has 0 aliphatic carbocycles. The fourth-order valence-electron chi connectivity index (χ4n) is 4.56. The number of carbonyl (C=O) groups is 1. The Morgan fingerprint density at radius 1 is 0.935 bits per heavy atom. The molecule has 0 radical (unpaired) electrons. The highest BCUT2D eigenvalue weighted by Gasteiger charge is 2.24. The molecule has 2 saturated heterocycles. The lowest BCUT2D eigenvalue weighted by Crippen LogP contribution is -2.30. The molecule has 0 saturated carbocycles. The predicted molar refractivity (Wildman–Crippen MR) is 121 cm³/mol. The number of piperidine rings is 1. The van der Waals surface area contributed by atoms with Gasteiger partial charge in [-0.15, -0.1) is 0 Å². The van der Waals surface area contributed by atoms with Gasteiger partial charge in [0.25, 0.3) is 11.6 Å². The maximum absolute atomic E-state index is 12.8. The van der Waals surface area contributed by atoms with Crippen molar-refractivity contribution in [2.24, 2.45) is 0 Å². The summed E-state index contributed by atoms with van der Waals surface area (Å²) in [5.74, 6) is -0.288. The fourth-order valence-corrected chi connectivity index (χ4v) is 4.56. The van der Waals surface area contributed by atoms with E-state index < -0.39 is 4.92 Å². The summed E-state index contributed by atoms with van der Waals surface area (Å²) >= 11 is 0. The molecule has 0 unspecified atom stereocenters. The van der Waals surface area contributed by atoms with E-state index in [0.717, 1.165) is 51.1 Å². The summed E-state index contributed by atoms with van der Waals surface area (Å²) in [6, 6.07) is 13.0. The average molecular weight is 423 g/mol. The van der Waals surface area contributed by atoms with Gasteiger partial charge in [-0.1, -0.05) is 30.7 Å². The molecule has 0 aromatic heterocycles. The number of nitro benzene ring substituents is 1. The first-order valence-electron chi connectivity index (χ1n) is 11.2. The van der Waals surface area contributed by atoms with Gasteiger partial charge in [0, 0.05) is 37.8 Å². The molecule has 2 heterocycles. The van der Waals surface area contributed by atoms with Crippen LogP contribution < -0.4 is 10.2 Å². The van der Waals surface area contributed by atoms with Gasteiger partial charge >= 0.3 is 0 Å². The second-order valence-corrected chi connectivity index (χ2v) is 8.44. The molecular formula is C24H30N4O3. The third-order valence-corrected chi connectivity index (χ3v) is 6.28. The SMILES string of the molecule is O=C(NCc1ccccc1CN1CCCCC1)c1ccc(N2CCCC2)c([N+](=O)[O-])c1. The summed E-state index contributed by atoms with van der Waals surface area (Å²) < 4.78 is 0. The molecule has 2 aliphatic rings. The van der Waals surface area contributed by atoms with Crippen LogP contribution >= 0.6 is 0 Å². The lowest BCUT2D eigenvalue weighted by molar-refractivity contribution is -0.384. The summed E-state index contributed by atoms with van der Waals surface area (Å²) in [6.07, 6.45) is 5.86. The van der Waals surface area contributed by atoms with Gasteiger partial charge in [-0.25, -0.2) is 0 Å². The Bertz CT molecular complexity index is 934. The molecule has 1 N–H and O–H groups in total. The van der Waals surface area contributed by atoms with Crippen LogP contribution in [0.3, 0.4) is 0 Å². The van der Waals surface area contributed by atoms with E-state index in [-0.39, 0.29) is 11.6 Å². The van der Waals surface area contributed by atoms with Gasteiger partial charge < -0.3 is 10.2 Å². The third-order valence-electron chi connectivity index (χ3n) is 6.28. The highest BCUT2D eigenvalue weighted by molar-refractivity contribution is 5.95. The summed E-state index contributed by atoms with van der Waals surface area (Å²) in [4.78, 5) is 28.5. The van der Waals surface area contributed by atoms with Crippen LogP contribution in [0.15, 0.2) is 42.5 Å². The molecular weight excluding hydrogens is 392 g/mol. The van der Waals surface area contributed by atoms with Gasteiger partial charge in [0.15, 0.2) is 0 Å². The van der Waals surface area contributed by atoms with Crippen LogP contribution in [0.5, 0.6) is 0 Å². The second kappa shape index (κ2) is 9.92. The minimum atomic E-state index is -0.391. The molecule has 7 nitrogen and oxygen atoms in total. The van der Waals surface area contributed by atoms with Crippen molar-refractivity contribution in [2.45, 2.75) is 45.2 Å². The minimum Gasteiger partial charge on any atom is -0.366 e. The molecule has 164 valence electrons. The monoisotopic (exact) mass is 422 g/mol. The van der Waals surface area contributed by atoms with Crippen LogP contribution in [-0.4, -0.2) is 41.9 Å². The Morgan fingerprint density at radius 3 is 2.32 bits per heavy atom. The molecule has 31 heavy (non-hydrogen) atoms. The van der Waals surface area contributed by atoms with Crippen molar-refractivity contribution in [3.8, 4) is 0 Å². The first-order valence-corrected chi connectivity index (χ1v) is 11.2. The van der Waals surface area contributed by atoms with Crippen LogP contribution in [-0.2, 0) is 13.1 Å². The quantitative estimate of drug-likeness (QED) is 0.537. The molecule has 4 rings (SSSR count). The van der Waals surface area contributed by atoms with Crippen LogP contribution in [0.4, 0.5) is 11.4 Å². The molecule has 2 aliphatic heterocycles. The van der Waals surface area contributed by atoms with Gasteiger partial charge in [0.2, 0.25) is 0 Å². The number of nitrogens with zero attached hydrogens (tertiary/aromatic N) is 3. The number of hydrogen-bond acceptors (Lipinski definition) is 5. The van der Waals surface area contributed by atoms with E-state index in [1.807, 2.05) is 23.1 Å². The Kier molecular flexibility index (Phi) is 6.82. The van der Waals surface area contributed by atoms with Gasteiger partial charge in [0.1, 0.15) is 5.69 Å². The molecule has 2 fully saturated rings. The molecule has 2 aromatic rings. The number of benzene rings is 2. The normalized spacial score (nSPS) is 17.0. The first-order chi connectivity index (χ1) is 15.1. The number of hydrogen-bond donors (Lipinski definition) is 1. The standard InChI is InChI=1S/C24H30N4O3/c29-24(19-10-11-22(23(16-19)28(30)31)27-14-6-7-15-27)25-17-20-8-2-3-9-21(20)18-26-12-4-1-5-13-26/h2-3,8-11,16H,1,4-7,12-15,17-18H2,(H,25,29).